The fourth-order valence-corrected chi connectivity index (χ4v) is 5.13. The molecule has 1 aromatic rings. The summed E-state index contributed by atoms with van der Waals surface area (Å²) in [6.07, 6.45) is 3.42. The number of amides is 1. The summed E-state index contributed by atoms with van der Waals surface area (Å²) in [5.74, 6) is -0.191. The first-order valence-corrected chi connectivity index (χ1v) is 10.8. The highest BCUT2D eigenvalue weighted by atomic mass is 19.1. The number of rotatable bonds is 4. The minimum atomic E-state index is -0.802. The standard InChI is InChI=1S/C22H32FN3O3/c1-17-15-26(19-4-2-18(23)3-5-19)13-12-24(17)9-6-20-14-22(16-29-20)7-10-25(11-8-22)21(27)28/h2-5,17,20H,6-16H2,1H3,(H,27,28)/t17-,20?/m0/s1. The van der Waals surface area contributed by atoms with Gasteiger partial charge in [-0.05, 0) is 62.3 Å². The average Bonchev–Trinajstić information content (AvgIpc) is 3.10. The van der Waals surface area contributed by atoms with Gasteiger partial charge in [0.2, 0.25) is 0 Å². The van der Waals surface area contributed by atoms with E-state index in [-0.39, 0.29) is 17.3 Å². The lowest BCUT2D eigenvalue weighted by molar-refractivity contribution is 0.0560. The van der Waals surface area contributed by atoms with Gasteiger partial charge in [0.15, 0.2) is 0 Å². The van der Waals surface area contributed by atoms with Gasteiger partial charge in [-0.2, -0.15) is 0 Å². The summed E-state index contributed by atoms with van der Waals surface area (Å²) in [6.45, 7) is 8.24. The second-order valence-corrected chi connectivity index (χ2v) is 9.00. The van der Waals surface area contributed by atoms with Crippen LogP contribution in [0.4, 0.5) is 14.9 Å². The maximum absolute atomic E-state index is 13.2. The molecule has 3 saturated heterocycles. The molecule has 0 aliphatic carbocycles. The number of carbonyl (C=O) groups is 1. The summed E-state index contributed by atoms with van der Waals surface area (Å²) in [6, 6.07) is 7.22. The largest absolute Gasteiger partial charge is 0.465 e. The number of hydrogen-bond donors (Lipinski definition) is 1. The Morgan fingerprint density at radius 2 is 1.93 bits per heavy atom. The van der Waals surface area contributed by atoms with Crippen LogP contribution < -0.4 is 4.90 Å². The van der Waals surface area contributed by atoms with Crippen LogP contribution >= 0.6 is 0 Å². The third-order valence-electron chi connectivity index (χ3n) is 7.08. The summed E-state index contributed by atoms with van der Waals surface area (Å²) in [4.78, 5) is 17.5. The van der Waals surface area contributed by atoms with Crippen molar-refractivity contribution in [3.8, 4) is 0 Å². The predicted octanol–water partition coefficient (Wildman–Crippen LogP) is 3.28. The Morgan fingerprint density at radius 3 is 2.59 bits per heavy atom. The Hall–Kier alpha value is -1.86. The molecule has 160 valence electrons. The van der Waals surface area contributed by atoms with Crippen LogP contribution in [-0.4, -0.2) is 79.0 Å². The Kier molecular flexibility index (Phi) is 5.97. The van der Waals surface area contributed by atoms with Gasteiger partial charge in [0.05, 0.1) is 12.7 Å². The highest BCUT2D eigenvalue weighted by Crippen LogP contribution is 2.42. The molecule has 1 amide bonds. The highest BCUT2D eigenvalue weighted by molar-refractivity contribution is 5.65. The number of hydrogen-bond acceptors (Lipinski definition) is 4. The average molecular weight is 406 g/mol. The topological polar surface area (TPSA) is 56.2 Å². The van der Waals surface area contributed by atoms with E-state index in [9.17, 15) is 9.18 Å². The van der Waals surface area contributed by atoms with E-state index in [1.807, 2.05) is 12.1 Å². The van der Waals surface area contributed by atoms with Crippen molar-refractivity contribution in [1.29, 1.82) is 0 Å². The molecule has 3 aliphatic heterocycles. The molecule has 29 heavy (non-hydrogen) atoms. The molecular weight excluding hydrogens is 373 g/mol. The molecule has 3 aliphatic rings. The first-order chi connectivity index (χ1) is 13.9. The fourth-order valence-electron chi connectivity index (χ4n) is 5.13. The number of ether oxygens (including phenoxy) is 1. The van der Waals surface area contributed by atoms with E-state index < -0.39 is 6.09 Å². The molecule has 0 saturated carbocycles. The van der Waals surface area contributed by atoms with Crippen molar-refractivity contribution in [2.45, 2.75) is 44.8 Å². The van der Waals surface area contributed by atoms with E-state index in [1.165, 1.54) is 17.0 Å². The number of carboxylic acid groups (broad SMARTS) is 1. The van der Waals surface area contributed by atoms with Crippen LogP contribution in [0.2, 0.25) is 0 Å². The van der Waals surface area contributed by atoms with E-state index in [1.54, 1.807) is 0 Å². The van der Waals surface area contributed by atoms with Gasteiger partial charge in [-0.1, -0.05) is 0 Å². The minimum Gasteiger partial charge on any atom is -0.465 e. The van der Waals surface area contributed by atoms with Crippen molar-refractivity contribution in [3.05, 3.63) is 30.1 Å². The Balaban J connectivity index is 1.22. The monoisotopic (exact) mass is 405 g/mol. The van der Waals surface area contributed by atoms with Gasteiger partial charge in [0.1, 0.15) is 5.82 Å². The molecule has 3 heterocycles. The number of anilines is 1. The third kappa shape index (κ3) is 4.67. The summed E-state index contributed by atoms with van der Waals surface area (Å²) in [7, 11) is 0. The zero-order valence-electron chi connectivity index (χ0n) is 17.2. The number of benzene rings is 1. The van der Waals surface area contributed by atoms with Crippen LogP contribution in [0.5, 0.6) is 0 Å². The second-order valence-electron chi connectivity index (χ2n) is 9.00. The van der Waals surface area contributed by atoms with Gasteiger partial charge in [0.25, 0.3) is 0 Å². The van der Waals surface area contributed by atoms with Crippen LogP contribution in [-0.2, 0) is 4.74 Å². The molecule has 7 heteroatoms. The van der Waals surface area contributed by atoms with Crippen molar-refractivity contribution in [3.63, 3.8) is 0 Å². The maximum atomic E-state index is 13.2. The normalized spacial score (nSPS) is 27.5. The second kappa shape index (κ2) is 8.48. The van der Waals surface area contributed by atoms with Crippen molar-refractivity contribution in [2.75, 3.05) is 50.8 Å². The number of piperidine rings is 1. The summed E-state index contributed by atoms with van der Waals surface area (Å²) < 4.78 is 19.3. The van der Waals surface area contributed by atoms with Gasteiger partial charge in [0, 0.05) is 51.0 Å². The molecule has 1 spiro atoms. The fraction of sp³-hybridized carbons (Fsp3) is 0.682. The van der Waals surface area contributed by atoms with Crippen LogP contribution in [0.1, 0.15) is 32.6 Å². The van der Waals surface area contributed by atoms with E-state index in [0.29, 0.717) is 19.1 Å². The van der Waals surface area contributed by atoms with Crippen LogP contribution in [0.15, 0.2) is 24.3 Å². The lowest BCUT2D eigenvalue weighted by Gasteiger charge is -2.41. The van der Waals surface area contributed by atoms with Gasteiger partial charge in [-0.25, -0.2) is 9.18 Å². The molecule has 1 unspecified atom stereocenters. The first kappa shape index (κ1) is 20.4. The summed E-state index contributed by atoms with van der Waals surface area (Å²) in [5, 5.41) is 9.15. The third-order valence-corrected chi connectivity index (χ3v) is 7.08. The van der Waals surface area contributed by atoms with Crippen LogP contribution in [0.25, 0.3) is 0 Å². The van der Waals surface area contributed by atoms with E-state index in [2.05, 4.69) is 16.7 Å². The summed E-state index contributed by atoms with van der Waals surface area (Å²) >= 11 is 0. The zero-order chi connectivity index (χ0) is 20.4. The Labute approximate surface area is 172 Å². The predicted molar refractivity (Wildman–Crippen MR) is 110 cm³/mol. The SMILES string of the molecule is C[C@H]1CN(c2ccc(F)cc2)CCN1CCC1CC2(CCN(C(=O)O)CC2)CO1. The molecule has 3 fully saturated rings. The van der Waals surface area contributed by atoms with Crippen molar-refractivity contribution >= 4 is 11.8 Å². The van der Waals surface area contributed by atoms with Gasteiger partial charge < -0.3 is 19.6 Å². The van der Waals surface area contributed by atoms with Crippen molar-refractivity contribution in [1.82, 2.24) is 9.80 Å². The smallest absolute Gasteiger partial charge is 0.407 e. The number of piperazine rings is 1. The molecule has 1 N–H and O–H groups in total. The molecular formula is C22H32FN3O3. The quantitative estimate of drug-likeness (QED) is 0.833. The Morgan fingerprint density at radius 1 is 1.21 bits per heavy atom. The first-order valence-electron chi connectivity index (χ1n) is 10.8. The Bertz CT molecular complexity index is 706. The molecule has 4 rings (SSSR count). The van der Waals surface area contributed by atoms with Crippen LogP contribution in [0.3, 0.4) is 0 Å². The molecule has 6 nitrogen and oxygen atoms in total. The molecule has 2 atom stereocenters. The van der Waals surface area contributed by atoms with E-state index in [0.717, 1.165) is 64.2 Å². The maximum Gasteiger partial charge on any atom is 0.407 e. The minimum absolute atomic E-state index is 0.184. The van der Waals surface area contributed by atoms with Gasteiger partial charge in [-0.3, -0.25) is 4.90 Å². The molecule has 0 bridgehead atoms. The lowest BCUT2D eigenvalue weighted by atomic mass is 9.76. The number of halogens is 1. The lowest BCUT2D eigenvalue weighted by Crippen LogP contribution is -2.52. The van der Waals surface area contributed by atoms with E-state index in [4.69, 9.17) is 9.84 Å². The molecule has 0 aromatic heterocycles. The van der Waals surface area contributed by atoms with Crippen molar-refractivity contribution < 1.29 is 19.0 Å². The molecule has 0 radical (unpaired) electrons. The van der Waals surface area contributed by atoms with Crippen molar-refractivity contribution in [2.24, 2.45) is 5.41 Å². The van der Waals surface area contributed by atoms with Gasteiger partial charge in [-0.15, -0.1) is 0 Å². The summed E-state index contributed by atoms with van der Waals surface area (Å²) in [5.41, 5.74) is 1.27. The molecule has 1 aromatic carbocycles. The number of nitrogens with zero attached hydrogens (tertiary/aromatic N) is 3. The number of likely N-dealkylation sites (tertiary alicyclic amines) is 1. The van der Waals surface area contributed by atoms with E-state index >= 15 is 0 Å². The van der Waals surface area contributed by atoms with Crippen LogP contribution in [0, 0.1) is 11.2 Å². The zero-order valence-corrected chi connectivity index (χ0v) is 17.2. The highest BCUT2D eigenvalue weighted by Gasteiger charge is 2.43. The van der Waals surface area contributed by atoms with Gasteiger partial charge >= 0.3 is 6.09 Å².